The third-order valence-corrected chi connectivity index (χ3v) is 6.32. The molecule has 0 radical (unpaired) electrons. The maximum absolute atomic E-state index is 13.4. The van der Waals surface area contributed by atoms with Gasteiger partial charge in [-0.05, 0) is 55.3 Å². The van der Waals surface area contributed by atoms with Gasteiger partial charge < -0.3 is 9.80 Å². The summed E-state index contributed by atoms with van der Waals surface area (Å²) in [6, 6.07) is 11.8. The zero-order valence-electron chi connectivity index (χ0n) is 16.5. The monoisotopic (exact) mass is 424 g/mol. The molecule has 1 saturated carbocycles. The molecule has 0 unspecified atom stereocenters. The van der Waals surface area contributed by atoms with E-state index in [0.29, 0.717) is 29.8 Å². The average Bonchev–Trinajstić information content (AvgIpc) is 2.72. The molecule has 7 heteroatoms. The van der Waals surface area contributed by atoms with Crippen LogP contribution in [0.4, 0.5) is 10.2 Å². The first-order valence-electron chi connectivity index (χ1n) is 10.4. The quantitative estimate of drug-likeness (QED) is 0.619. The van der Waals surface area contributed by atoms with Crippen LogP contribution < -0.4 is 4.90 Å². The molecular weight excluding hydrogens is 403 g/mol. The maximum atomic E-state index is 13.4. The molecule has 2 heterocycles. The molecule has 2 aliphatic rings. The van der Waals surface area contributed by atoms with Crippen LogP contribution in [-0.4, -0.2) is 47.0 Å². The minimum absolute atomic E-state index is 0.226. The minimum Gasteiger partial charge on any atom is -0.352 e. The Bertz CT molecular complexity index is 1090. The molecule has 154 valence electrons. The highest BCUT2D eigenvalue weighted by atomic mass is 35.5. The van der Waals surface area contributed by atoms with Crippen molar-refractivity contribution >= 4 is 34.2 Å². The molecule has 3 aromatic rings. The maximum Gasteiger partial charge on any atom is 0.225 e. The molecule has 1 aliphatic carbocycles. The second-order valence-corrected chi connectivity index (χ2v) is 8.42. The normalized spacial score (nSPS) is 17.3. The summed E-state index contributed by atoms with van der Waals surface area (Å²) in [6.45, 7) is 2.83. The highest BCUT2D eigenvalue weighted by Gasteiger charge is 2.31. The van der Waals surface area contributed by atoms with Crippen LogP contribution in [0, 0.1) is 11.7 Å². The van der Waals surface area contributed by atoms with Gasteiger partial charge in [0.1, 0.15) is 11.6 Å². The van der Waals surface area contributed by atoms with Gasteiger partial charge in [0.2, 0.25) is 5.91 Å². The summed E-state index contributed by atoms with van der Waals surface area (Å²) in [6.07, 6.45) is 3.22. The molecule has 2 fully saturated rings. The number of carbonyl (C=O) groups is 1. The molecule has 0 N–H and O–H groups in total. The smallest absolute Gasteiger partial charge is 0.225 e. The Labute approximate surface area is 179 Å². The number of nitrogens with zero attached hydrogens (tertiary/aromatic N) is 4. The number of rotatable bonds is 3. The van der Waals surface area contributed by atoms with E-state index in [1.54, 1.807) is 12.1 Å². The lowest BCUT2D eigenvalue weighted by molar-refractivity contribution is -0.138. The second kappa shape index (κ2) is 7.84. The number of fused-ring (bicyclic) bond motifs is 1. The van der Waals surface area contributed by atoms with Crippen LogP contribution in [0.3, 0.4) is 0 Å². The SMILES string of the molecule is O=C(C1CCC1)N1CCN(c2nc(-c3ccc(F)cc3)nc3cc(Cl)ccc23)CC1. The van der Waals surface area contributed by atoms with Gasteiger partial charge in [-0.3, -0.25) is 4.79 Å². The number of benzene rings is 2. The fourth-order valence-corrected chi connectivity index (χ4v) is 4.27. The third-order valence-electron chi connectivity index (χ3n) is 6.09. The van der Waals surface area contributed by atoms with E-state index in [1.165, 1.54) is 12.1 Å². The van der Waals surface area contributed by atoms with Gasteiger partial charge in [-0.2, -0.15) is 0 Å². The minimum atomic E-state index is -0.296. The highest BCUT2D eigenvalue weighted by molar-refractivity contribution is 6.31. The van der Waals surface area contributed by atoms with Crippen molar-refractivity contribution in [2.45, 2.75) is 19.3 Å². The van der Waals surface area contributed by atoms with Crippen LogP contribution in [0.2, 0.25) is 5.02 Å². The van der Waals surface area contributed by atoms with E-state index in [2.05, 4.69) is 9.88 Å². The fraction of sp³-hybridized carbons (Fsp3) is 0.348. The van der Waals surface area contributed by atoms with Crippen molar-refractivity contribution in [2.75, 3.05) is 31.1 Å². The van der Waals surface area contributed by atoms with E-state index >= 15 is 0 Å². The first-order chi connectivity index (χ1) is 14.6. The molecule has 0 spiro atoms. The lowest BCUT2D eigenvalue weighted by Gasteiger charge is -2.39. The lowest BCUT2D eigenvalue weighted by atomic mass is 9.84. The summed E-state index contributed by atoms with van der Waals surface area (Å²) in [5, 5.41) is 1.53. The lowest BCUT2D eigenvalue weighted by Crippen LogP contribution is -2.51. The van der Waals surface area contributed by atoms with Crippen LogP contribution in [0.15, 0.2) is 42.5 Å². The number of hydrogen-bond acceptors (Lipinski definition) is 4. The van der Waals surface area contributed by atoms with E-state index in [9.17, 15) is 9.18 Å². The van der Waals surface area contributed by atoms with Crippen LogP contribution in [0.1, 0.15) is 19.3 Å². The number of amides is 1. The predicted molar refractivity (Wildman–Crippen MR) is 116 cm³/mol. The second-order valence-electron chi connectivity index (χ2n) is 7.98. The van der Waals surface area contributed by atoms with Crippen LogP contribution >= 0.6 is 11.6 Å². The summed E-state index contributed by atoms with van der Waals surface area (Å²) in [5.41, 5.74) is 1.50. The molecule has 0 atom stereocenters. The largest absolute Gasteiger partial charge is 0.352 e. The predicted octanol–water partition coefficient (Wildman–Crippen LogP) is 4.54. The van der Waals surface area contributed by atoms with Gasteiger partial charge in [0, 0.05) is 48.1 Å². The molecule has 1 aliphatic heterocycles. The summed E-state index contributed by atoms with van der Waals surface area (Å²) in [5.74, 6) is 1.59. The summed E-state index contributed by atoms with van der Waals surface area (Å²) in [4.78, 5) is 26.3. The molecule has 1 aromatic heterocycles. The zero-order valence-corrected chi connectivity index (χ0v) is 17.3. The molecule has 5 rings (SSSR count). The third kappa shape index (κ3) is 3.60. The molecule has 1 saturated heterocycles. The van der Waals surface area contributed by atoms with E-state index in [0.717, 1.165) is 54.6 Å². The Morgan fingerprint density at radius 3 is 2.40 bits per heavy atom. The van der Waals surface area contributed by atoms with E-state index in [-0.39, 0.29) is 11.7 Å². The number of anilines is 1. The fourth-order valence-electron chi connectivity index (χ4n) is 4.11. The van der Waals surface area contributed by atoms with Gasteiger partial charge in [-0.25, -0.2) is 14.4 Å². The topological polar surface area (TPSA) is 49.3 Å². The molecular formula is C23H22ClFN4O. The van der Waals surface area contributed by atoms with E-state index < -0.39 is 0 Å². The van der Waals surface area contributed by atoms with Gasteiger partial charge in [-0.1, -0.05) is 18.0 Å². The molecule has 30 heavy (non-hydrogen) atoms. The zero-order chi connectivity index (χ0) is 20.7. The highest BCUT2D eigenvalue weighted by Crippen LogP contribution is 2.32. The number of aromatic nitrogens is 2. The van der Waals surface area contributed by atoms with Gasteiger partial charge in [0.25, 0.3) is 0 Å². The summed E-state index contributed by atoms with van der Waals surface area (Å²) >= 11 is 6.21. The number of halogens is 2. The molecule has 0 bridgehead atoms. The molecule has 5 nitrogen and oxygen atoms in total. The van der Waals surface area contributed by atoms with Crippen LogP contribution in [0.5, 0.6) is 0 Å². The summed E-state index contributed by atoms with van der Waals surface area (Å²) < 4.78 is 13.4. The van der Waals surface area contributed by atoms with Crippen LogP contribution in [-0.2, 0) is 4.79 Å². The van der Waals surface area contributed by atoms with Crippen molar-refractivity contribution in [3.8, 4) is 11.4 Å². The van der Waals surface area contributed by atoms with Gasteiger partial charge in [-0.15, -0.1) is 0 Å². The standard InChI is InChI=1S/C23H22ClFN4O/c24-17-6-9-19-20(14-17)26-21(15-4-7-18(25)8-5-15)27-22(19)28-10-12-29(13-11-28)23(30)16-2-1-3-16/h4-9,14,16H,1-3,10-13H2. The van der Waals surface area contributed by atoms with Crippen molar-refractivity contribution in [2.24, 2.45) is 5.92 Å². The Balaban J connectivity index is 1.47. The van der Waals surface area contributed by atoms with Gasteiger partial charge in [0.15, 0.2) is 5.82 Å². The van der Waals surface area contributed by atoms with E-state index in [1.807, 2.05) is 23.1 Å². The molecule has 1 amide bonds. The van der Waals surface area contributed by atoms with E-state index in [4.69, 9.17) is 16.6 Å². The number of hydrogen-bond donors (Lipinski definition) is 0. The van der Waals surface area contributed by atoms with Gasteiger partial charge in [0.05, 0.1) is 5.52 Å². The van der Waals surface area contributed by atoms with Crippen molar-refractivity contribution in [1.29, 1.82) is 0 Å². The molecule has 2 aromatic carbocycles. The Hall–Kier alpha value is -2.73. The number of piperazine rings is 1. The summed E-state index contributed by atoms with van der Waals surface area (Å²) in [7, 11) is 0. The Morgan fingerprint density at radius 1 is 1.00 bits per heavy atom. The Morgan fingerprint density at radius 2 is 1.73 bits per heavy atom. The first kappa shape index (κ1) is 19.2. The van der Waals surface area contributed by atoms with Crippen molar-refractivity contribution in [3.63, 3.8) is 0 Å². The van der Waals surface area contributed by atoms with Crippen molar-refractivity contribution in [1.82, 2.24) is 14.9 Å². The average molecular weight is 425 g/mol. The Kier molecular flexibility index (Phi) is 5.03. The van der Waals surface area contributed by atoms with Crippen LogP contribution in [0.25, 0.3) is 22.3 Å². The number of carbonyl (C=O) groups excluding carboxylic acids is 1. The van der Waals surface area contributed by atoms with Gasteiger partial charge >= 0.3 is 0 Å². The van der Waals surface area contributed by atoms with Crippen molar-refractivity contribution in [3.05, 3.63) is 53.3 Å². The van der Waals surface area contributed by atoms with Crippen molar-refractivity contribution < 1.29 is 9.18 Å². The first-order valence-corrected chi connectivity index (χ1v) is 10.7.